The fourth-order valence-corrected chi connectivity index (χ4v) is 2.41. The number of piperidine rings is 1. The molecule has 1 heterocycles. The molecule has 1 aromatic rings. The summed E-state index contributed by atoms with van der Waals surface area (Å²) in [6.45, 7) is 1.83. The van der Waals surface area contributed by atoms with Gasteiger partial charge in [0.05, 0.1) is 0 Å². The van der Waals surface area contributed by atoms with Crippen molar-refractivity contribution in [2.45, 2.75) is 25.9 Å². The number of carbonyl (C=O) groups excluding carboxylic acids is 2. The lowest BCUT2D eigenvalue weighted by Gasteiger charge is -2.31. The topological polar surface area (TPSA) is 49.4 Å². The van der Waals surface area contributed by atoms with Gasteiger partial charge in [-0.2, -0.15) is 13.2 Å². The fourth-order valence-electron chi connectivity index (χ4n) is 2.41. The van der Waals surface area contributed by atoms with Crippen LogP contribution in [-0.2, 0) is 9.59 Å². The van der Waals surface area contributed by atoms with Gasteiger partial charge in [-0.3, -0.25) is 9.59 Å². The molecule has 2 amide bonds. The van der Waals surface area contributed by atoms with Gasteiger partial charge in [-0.15, -0.1) is 0 Å². The molecule has 1 N–H and O–H groups in total. The molecule has 1 fully saturated rings. The van der Waals surface area contributed by atoms with Crippen molar-refractivity contribution in [1.29, 1.82) is 0 Å². The van der Waals surface area contributed by atoms with Crippen LogP contribution in [0.15, 0.2) is 24.3 Å². The van der Waals surface area contributed by atoms with Crippen molar-refractivity contribution in [2.75, 3.05) is 18.4 Å². The Morgan fingerprint density at radius 2 is 1.68 bits per heavy atom. The van der Waals surface area contributed by atoms with Crippen LogP contribution < -0.4 is 5.32 Å². The van der Waals surface area contributed by atoms with Gasteiger partial charge in [-0.1, -0.05) is 17.7 Å². The van der Waals surface area contributed by atoms with E-state index in [1.807, 2.05) is 19.1 Å². The Hall–Kier alpha value is -2.05. The van der Waals surface area contributed by atoms with E-state index in [0.29, 0.717) is 5.69 Å². The zero-order chi connectivity index (χ0) is 16.3. The van der Waals surface area contributed by atoms with Crippen LogP contribution in [0.4, 0.5) is 18.9 Å². The molecule has 0 atom stereocenters. The number of anilines is 1. The monoisotopic (exact) mass is 314 g/mol. The maximum absolute atomic E-state index is 12.3. The number of carbonyl (C=O) groups is 2. The summed E-state index contributed by atoms with van der Waals surface area (Å²) in [5, 5.41) is 2.75. The zero-order valence-corrected chi connectivity index (χ0v) is 12.1. The molecule has 0 radical (unpaired) electrons. The number of amides is 2. The Morgan fingerprint density at radius 1 is 1.14 bits per heavy atom. The molecule has 0 bridgehead atoms. The quantitative estimate of drug-likeness (QED) is 0.912. The second kappa shape index (κ2) is 6.37. The fraction of sp³-hybridized carbons (Fsp3) is 0.467. The number of halogens is 3. The van der Waals surface area contributed by atoms with E-state index in [2.05, 4.69) is 5.32 Å². The molecule has 0 aromatic heterocycles. The van der Waals surface area contributed by atoms with Crippen molar-refractivity contribution < 1.29 is 22.8 Å². The minimum absolute atomic E-state index is 0.0513. The van der Waals surface area contributed by atoms with Crippen LogP contribution in [0.1, 0.15) is 18.4 Å². The summed E-state index contributed by atoms with van der Waals surface area (Å²) in [6.07, 6.45) is -4.38. The molecule has 2 rings (SSSR count). The van der Waals surface area contributed by atoms with Crippen molar-refractivity contribution in [3.8, 4) is 0 Å². The number of rotatable bonds is 2. The Morgan fingerprint density at radius 3 is 2.18 bits per heavy atom. The highest BCUT2D eigenvalue weighted by atomic mass is 19.4. The lowest BCUT2D eigenvalue weighted by atomic mass is 9.95. The predicted octanol–water partition coefficient (Wildman–Crippen LogP) is 2.73. The van der Waals surface area contributed by atoms with E-state index in [4.69, 9.17) is 0 Å². The number of nitrogens with zero attached hydrogens (tertiary/aromatic N) is 1. The second-order valence-corrected chi connectivity index (χ2v) is 5.42. The Balaban J connectivity index is 1.87. The molecular weight excluding hydrogens is 297 g/mol. The first kappa shape index (κ1) is 16.3. The number of benzene rings is 1. The summed E-state index contributed by atoms with van der Waals surface area (Å²) < 4.78 is 37.0. The molecule has 4 nitrogen and oxygen atoms in total. The summed E-state index contributed by atoms with van der Waals surface area (Å²) in [5.41, 5.74) is 1.72. The smallest absolute Gasteiger partial charge is 0.335 e. The van der Waals surface area contributed by atoms with Crippen molar-refractivity contribution in [3.05, 3.63) is 29.8 Å². The first-order chi connectivity index (χ1) is 10.3. The van der Waals surface area contributed by atoms with E-state index in [9.17, 15) is 22.8 Å². The van der Waals surface area contributed by atoms with Crippen LogP contribution in [0.2, 0.25) is 0 Å². The van der Waals surface area contributed by atoms with E-state index in [-0.39, 0.29) is 37.8 Å². The molecule has 0 spiro atoms. The summed E-state index contributed by atoms with van der Waals surface area (Å²) in [7, 11) is 0. The molecule has 1 aliphatic heterocycles. The van der Waals surface area contributed by atoms with E-state index >= 15 is 0 Å². The third-order valence-corrected chi connectivity index (χ3v) is 3.71. The lowest BCUT2D eigenvalue weighted by molar-refractivity contribution is -0.186. The summed E-state index contributed by atoms with van der Waals surface area (Å²) in [6, 6.07) is 7.27. The second-order valence-electron chi connectivity index (χ2n) is 5.42. The van der Waals surface area contributed by atoms with Gasteiger partial charge in [0, 0.05) is 24.7 Å². The van der Waals surface area contributed by atoms with Gasteiger partial charge in [0.2, 0.25) is 5.91 Å². The molecule has 0 saturated carbocycles. The normalized spacial score (nSPS) is 16.5. The number of nitrogens with one attached hydrogen (secondary N) is 1. The Kier molecular flexibility index (Phi) is 4.73. The van der Waals surface area contributed by atoms with Gasteiger partial charge in [0.15, 0.2) is 0 Å². The number of aryl methyl sites for hydroxylation is 1. The highest BCUT2D eigenvalue weighted by molar-refractivity contribution is 5.92. The van der Waals surface area contributed by atoms with E-state index < -0.39 is 12.1 Å². The number of alkyl halides is 3. The van der Waals surface area contributed by atoms with Crippen LogP contribution in [-0.4, -0.2) is 36.0 Å². The Labute approximate surface area is 126 Å². The first-order valence-electron chi connectivity index (χ1n) is 7.01. The predicted molar refractivity (Wildman–Crippen MR) is 75.2 cm³/mol. The molecule has 0 aliphatic carbocycles. The summed E-state index contributed by atoms with van der Waals surface area (Å²) in [4.78, 5) is 24.0. The molecule has 1 aliphatic rings. The van der Waals surface area contributed by atoms with Crippen molar-refractivity contribution in [1.82, 2.24) is 4.90 Å². The molecule has 120 valence electrons. The Bertz CT molecular complexity index is 547. The van der Waals surface area contributed by atoms with Gasteiger partial charge in [0.25, 0.3) is 0 Å². The third-order valence-electron chi connectivity index (χ3n) is 3.71. The van der Waals surface area contributed by atoms with Crippen LogP contribution >= 0.6 is 0 Å². The zero-order valence-electron chi connectivity index (χ0n) is 12.1. The maximum Gasteiger partial charge on any atom is 0.471 e. The highest BCUT2D eigenvalue weighted by Crippen LogP contribution is 2.24. The third kappa shape index (κ3) is 3.99. The van der Waals surface area contributed by atoms with Crippen LogP contribution in [0.3, 0.4) is 0 Å². The van der Waals surface area contributed by atoms with Gasteiger partial charge in [-0.25, -0.2) is 0 Å². The van der Waals surface area contributed by atoms with Gasteiger partial charge in [0.1, 0.15) is 0 Å². The first-order valence-corrected chi connectivity index (χ1v) is 7.01. The molecule has 0 unspecified atom stereocenters. The summed E-state index contributed by atoms with van der Waals surface area (Å²) in [5.74, 6) is -2.42. The largest absolute Gasteiger partial charge is 0.471 e. The van der Waals surface area contributed by atoms with E-state index in [0.717, 1.165) is 10.5 Å². The van der Waals surface area contributed by atoms with Crippen LogP contribution in [0.25, 0.3) is 0 Å². The number of hydrogen-bond donors (Lipinski definition) is 1. The van der Waals surface area contributed by atoms with Gasteiger partial charge < -0.3 is 10.2 Å². The van der Waals surface area contributed by atoms with E-state index in [1.165, 1.54) is 0 Å². The molecular formula is C15H17F3N2O2. The minimum atomic E-state index is -4.85. The highest BCUT2D eigenvalue weighted by Gasteiger charge is 2.43. The lowest BCUT2D eigenvalue weighted by Crippen LogP contribution is -2.46. The van der Waals surface area contributed by atoms with Crippen LogP contribution in [0.5, 0.6) is 0 Å². The molecule has 7 heteroatoms. The average Bonchev–Trinajstić information content (AvgIpc) is 2.48. The molecule has 22 heavy (non-hydrogen) atoms. The van der Waals surface area contributed by atoms with Gasteiger partial charge in [-0.05, 0) is 31.9 Å². The van der Waals surface area contributed by atoms with Gasteiger partial charge >= 0.3 is 12.1 Å². The van der Waals surface area contributed by atoms with Crippen LogP contribution in [0, 0.1) is 12.8 Å². The average molecular weight is 314 g/mol. The minimum Gasteiger partial charge on any atom is -0.335 e. The van der Waals surface area contributed by atoms with Crippen molar-refractivity contribution >= 4 is 17.5 Å². The number of likely N-dealkylation sites (tertiary alicyclic amines) is 1. The van der Waals surface area contributed by atoms with E-state index in [1.54, 1.807) is 12.1 Å². The standard InChI is InChI=1S/C15H17F3N2O2/c1-10-2-4-12(5-3-10)19-13(21)11-6-8-20(9-7-11)14(22)15(16,17)18/h2-5,11H,6-9H2,1H3,(H,19,21). The van der Waals surface area contributed by atoms with Crippen molar-refractivity contribution in [3.63, 3.8) is 0 Å². The number of hydrogen-bond acceptors (Lipinski definition) is 2. The SMILES string of the molecule is Cc1ccc(NC(=O)C2CCN(C(=O)C(F)(F)F)CC2)cc1. The van der Waals surface area contributed by atoms with Crippen molar-refractivity contribution in [2.24, 2.45) is 5.92 Å². The molecule has 1 saturated heterocycles. The maximum atomic E-state index is 12.3. The molecule has 1 aromatic carbocycles. The summed E-state index contributed by atoms with van der Waals surface area (Å²) >= 11 is 0.